The van der Waals surface area contributed by atoms with E-state index in [2.05, 4.69) is 32.3 Å². The minimum Gasteiger partial charge on any atom is -0.506 e. The second-order valence-corrected chi connectivity index (χ2v) is 15.3. The summed E-state index contributed by atoms with van der Waals surface area (Å²) in [6, 6.07) is 10.5. The molecule has 57 heavy (non-hydrogen) atoms. The van der Waals surface area contributed by atoms with E-state index in [1.165, 1.54) is 33.2 Å². The quantitative estimate of drug-likeness (QED) is 0.127. The third-order valence-corrected chi connectivity index (χ3v) is 10.8. The molecule has 14 nitrogen and oxygen atoms in total. The molecule has 1 atom stereocenters. The minimum absolute atomic E-state index is 0.0124. The second kappa shape index (κ2) is 19.2. The number of nitrogens with zero attached hydrogens (tertiary/aromatic N) is 3. The Labute approximate surface area is 328 Å². The minimum atomic E-state index is -5.08. The number of alkyl halides is 6. The summed E-state index contributed by atoms with van der Waals surface area (Å²) in [5, 5.41) is 41.9. The lowest BCUT2D eigenvalue weighted by atomic mass is 9.89. The van der Waals surface area contributed by atoms with E-state index in [1.54, 1.807) is 23.5 Å². The van der Waals surface area contributed by atoms with Gasteiger partial charge in [-0.15, -0.1) is 22.7 Å². The molecule has 0 saturated carbocycles. The van der Waals surface area contributed by atoms with Crippen molar-refractivity contribution in [2.45, 2.75) is 56.8 Å². The number of aliphatic carboxylic acids is 2. The van der Waals surface area contributed by atoms with Crippen LogP contribution in [0.3, 0.4) is 0 Å². The van der Waals surface area contributed by atoms with E-state index >= 15 is 0 Å². The van der Waals surface area contributed by atoms with Crippen LogP contribution in [0.1, 0.15) is 49.8 Å². The summed E-state index contributed by atoms with van der Waals surface area (Å²) in [7, 11) is 0. The number of aryl methyl sites for hydroxylation is 1. The predicted molar refractivity (Wildman–Crippen MR) is 195 cm³/mol. The largest absolute Gasteiger partial charge is 0.506 e. The molecule has 5 heterocycles. The Kier molecular flexibility index (Phi) is 15.2. The summed E-state index contributed by atoms with van der Waals surface area (Å²) in [5.41, 5.74) is 0.972. The number of hydrogen-bond donors (Lipinski definition) is 6. The zero-order chi connectivity index (χ0) is 42.1. The molecule has 2 fully saturated rings. The molecule has 4 aromatic rings. The van der Waals surface area contributed by atoms with Crippen LogP contribution in [-0.4, -0.2) is 122 Å². The molecule has 312 valence electrons. The van der Waals surface area contributed by atoms with Gasteiger partial charge in [0.05, 0.1) is 35.4 Å². The lowest BCUT2D eigenvalue weighted by molar-refractivity contribution is -0.193. The SMILES string of the molecule is Cc1nc(C(=O)N2CCOC3(CCN(CCc4ccc(CNC[C@H](O)c5ccc(O)c6[nH]c(=O)ccc56)s4)CC3)C2)cs1.O=C(O)C(F)(F)F.O=C(O)C(F)(F)F. The topological polar surface area (TPSA) is 206 Å². The molecule has 22 heteroatoms. The van der Waals surface area contributed by atoms with Crippen LogP contribution in [0.5, 0.6) is 5.75 Å². The maximum absolute atomic E-state index is 13.0. The van der Waals surface area contributed by atoms with Gasteiger partial charge < -0.3 is 45.3 Å². The van der Waals surface area contributed by atoms with Gasteiger partial charge in [0, 0.05) is 65.9 Å². The standard InChI is InChI=1S/C31H37N5O5S2.2C2HF3O2/c1-20-33-25(18-42-20)30(40)36-14-15-41-31(19-36)9-12-35(13-10-31)11-8-21-2-3-22(43-21)16-32-17-27(38)23-4-6-26(37)29-24(23)5-7-28(39)34-29;2*3-2(4,5)1(6)7/h2-7,18,27,32,37-38H,8-17,19H2,1H3,(H,34,39);2*(H,6,7)/t27-;;/m0../s1. The fourth-order valence-electron chi connectivity index (χ4n) is 6.04. The molecular formula is C35H39F6N5O9S2. The first-order chi connectivity index (χ1) is 26.7. The van der Waals surface area contributed by atoms with Crippen molar-refractivity contribution in [3.8, 4) is 5.75 Å². The van der Waals surface area contributed by atoms with Crippen LogP contribution in [-0.2, 0) is 27.3 Å². The number of aromatic hydroxyl groups is 1. The van der Waals surface area contributed by atoms with Crippen molar-refractivity contribution in [1.29, 1.82) is 0 Å². The molecule has 3 aromatic heterocycles. The molecule has 0 bridgehead atoms. The average Bonchev–Trinajstić information content (AvgIpc) is 3.80. The Morgan fingerprint density at radius 2 is 1.61 bits per heavy atom. The van der Waals surface area contributed by atoms with Gasteiger partial charge in [-0.05, 0) is 56.0 Å². The van der Waals surface area contributed by atoms with Crippen LogP contribution in [0.25, 0.3) is 10.9 Å². The smallest absolute Gasteiger partial charge is 0.490 e. The van der Waals surface area contributed by atoms with Crippen molar-refractivity contribution in [2.24, 2.45) is 0 Å². The van der Waals surface area contributed by atoms with E-state index in [0.29, 0.717) is 54.9 Å². The predicted octanol–water partition coefficient (Wildman–Crippen LogP) is 4.70. The van der Waals surface area contributed by atoms with Crippen molar-refractivity contribution in [1.82, 2.24) is 25.1 Å². The molecule has 1 amide bonds. The number of aromatic nitrogens is 2. The number of carboxylic acids is 2. The van der Waals surface area contributed by atoms with Crippen molar-refractivity contribution in [2.75, 3.05) is 45.9 Å². The number of nitrogens with one attached hydrogen (secondary N) is 2. The normalized spacial score (nSPS) is 16.3. The first kappa shape index (κ1) is 45.1. The monoisotopic (exact) mass is 851 g/mol. The van der Waals surface area contributed by atoms with E-state index in [0.717, 1.165) is 43.9 Å². The number of ether oxygens (including phenoxy) is 1. The number of aliphatic hydroxyl groups excluding tert-OH is 1. The van der Waals surface area contributed by atoms with Crippen LogP contribution >= 0.6 is 22.7 Å². The van der Waals surface area contributed by atoms with Gasteiger partial charge in [-0.2, -0.15) is 26.3 Å². The van der Waals surface area contributed by atoms with Gasteiger partial charge in [-0.25, -0.2) is 14.6 Å². The highest BCUT2D eigenvalue weighted by atomic mass is 32.1. The van der Waals surface area contributed by atoms with Gasteiger partial charge in [0.2, 0.25) is 5.56 Å². The summed E-state index contributed by atoms with van der Waals surface area (Å²) in [4.78, 5) is 56.4. The summed E-state index contributed by atoms with van der Waals surface area (Å²) in [5.74, 6) is -5.52. The fourth-order valence-corrected chi connectivity index (χ4v) is 7.60. The Hall–Kier alpha value is -4.61. The van der Waals surface area contributed by atoms with Crippen LogP contribution < -0.4 is 10.9 Å². The van der Waals surface area contributed by atoms with Gasteiger partial charge in [0.25, 0.3) is 5.91 Å². The highest BCUT2D eigenvalue weighted by Gasteiger charge is 2.42. The van der Waals surface area contributed by atoms with E-state index < -0.39 is 30.4 Å². The third kappa shape index (κ3) is 12.9. The molecule has 6 rings (SSSR count). The molecule has 2 aliphatic heterocycles. The summed E-state index contributed by atoms with van der Waals surface area (Å²) < 4.78 is 69.7. The van der Waals surface area contributed by atoms with E-state index in [-0.39, 0.29) is 22.8 Å². The number of rotatable bonds is 9. The molecule has 2 aliphatic rings. The number of likely N-dealkylation sites (tertiary alicyclic amines) is 1. The number of carboxylic acid groups (broad SMARTS) is 2. The van der Waals surface area contributed by atoms with Crippen LogP contribution in [0.15, 0.2) is 46.6 Å². The van der Waals surface area contributed by atoms with Gasteiger partial charge in [-0.1, -0.05) is 6.07 Å². The third-order valence-electron chi connectivity index (χ3n) is 8.92. The van der Waals surface area contributed by atoms with Crippen molar-refractivity contribution >= 4 is 51.4 Å². The lowest BCUT2D eigenvalue weighted by Gasteiger charge is -2.47. The second-order valence-electron chi connectivity index (χ2n) is 13.0. The van der Waals surface area contributed by atoms with Gasteiger partial charge >= 0.3 is 24.3 Å². The number of H-pyrrole nitrogens is 1. The number of thiazole rings is 1. The number of fused-ring (bicyclic) bond motifs is 1. The molecule has 6 N–H and O–H groups in total. The van der Waals surface area contributed by atoms with Crippen LogP contribution in [0, 0.1) is 6.92 Å². The van der Waals surface area contributed by atoms with Crippen molar-refractivity contribution in [3.63, 3.8) is 0 Å². The zero-order valence-corrected chi connectivity index (χ0v) is 31.8. The number of benzene rings is 1. The van der Waals surface area contributed by atoms with E-state index in [4.69, 9.17) is 24.5 Å². The molecule has 2 saturated heterocycles. The Morgan fingerprint density at radius 3 is 2.21 bits per heavy atom. The summed E-state index contributed by atoms with van der Waals surface area (Å²) in [6.45, 7) is 7.63. The number of carbonyl (C=O) groups excluding carboxylic acids is 1. The first-order valence-corrected chi connectivity index (χ1v) is 18.9. The first-order valence-electron chi connectivity index (χ1n) is 17.2. The number of morpholine rings is 1. The fraction of sp³-hybridized carbons (Fsp3) is 0.457. The van der Waals surface area contributed by atoms with Crippen LogP contribution in [0.2, 0.25) is 0 Å². The Bertz CT molecular complexity index is 2040. The molecule has 0 radical (unpaired) electrons. The summed E-state index contributed by atoms with van der Waals surface area (Å²) >= 11 is 3.29. The van der Waals surface area contributed by atoms with E-state index in [1.807, 2.05) is 17.2 Å². The number of halogens is 6. The maximum atomic E-state index is 13.0. The highest BCUT2D eigenvalue weighted by molar-refractivity contribution is 7.12. The molecule has 1 spiro atoms. The Morgan fingerprint density at radius 1 is 0.982 bits per heavy atom. The van der Waals surface area contributed by atoms with Gasteiger partial charge in [-0.3, -0.25) is 9.59 Å². The number of phenolic OH excluding ortho intramolecular Hbond substituents is 1. The zero-order valence-electron chi connectivity index (χ0n) is 30.2. The molecular weight excluding hydrogens is 813 g/mol. The van der Waals surface area contributed by atoms with Crippen molar-refractivity contribution < 1.29 is 65.9 Å². The number of hydrogen-bond acceptors (Lipinski definition) is 12. The lowest BCUT2D eigenvalue weighted by Crippen LogP contribution is -2.58. The molecule has 1 aromatic carbocycles. The average molecular weight is 852 g/mol. The summed E-state index contributed by atoms with van der Waals surface area (Å²) in [6.07, 6.45) is -8.14. The molecule has 0 unspecified atom stereocenters. The number of piperidine rings is 1. The number of aliphatic hydroxyl groups is 1. The van der Waals surface area contributed by atoms with Crippen LogP contribution in [0.4, 0.5) is 26.3 Å². The maximum Gasteiger partial charge on any atom is 0.490 e. The highest BCUT2D eigenvalue weighted by Crippen LogP contribution is 2.32. The number of carbonyl (C=O) groups is 3. The van der Waals surface area contributed by atoms with Crippen molar-refractivity contribution in [3.05, 3.63) is 78.2 Å². The number of pyridine rings is 1. The Balaban J connectivity index is 0.000000440. The van der Waals surface area contributed by atoms with Gasteiger partial charge in [0.15, 0.2) is 0 Å². The van der Waals surface area contributed by atoms with Gasteiger partial charge in [0.1, 0.15) is 11.4 Å². The number of thiophene rings is 1. The van der Waals surface area contributed by atoms with E-state index in [9.17, 15) is 46.1 Å². The molecule has 0 aliphatic carbocycles. The number of aromatic amines is 1. The number of phenols is 1. The number of amides is 1.